The number of thiophene rings is 1. The zero-order chi connectivity index (χ0) is 10.7. The summed E-state index contributed by atoms with van der Waals surface area (Å²) in [4.78, 5) is 5.23. The smallest absolute Gasteiger partial charge is 0.180 e. The first kappa shape index (κ1) is 10.2. The summed E-state index contributed by atoms with van der Waals surface area (Å²) in [5.74, 6) is 0.888. The van der Waals surface area contributed by atoms with Gasteiger partial charge < -0.3 is 10.5 Å². The van der Waals surface area contributed by atoms with Crippen LogP contribution in [0.3, 0.4) is 0 Å². The first-order valence-electron chi connectivity index (χ1n) is 4.30. The van der Waals surface area contributed by atoms with E-state index >= 15 is 0 Å². The summed E-state index contributed by atoms with van der Waals surface area (Å²) >= 11 is 3.07. The second kappa shape index (κ2) is 4.46. The molecule has 0 saturated carbocycles. The van der Waals surface area contributed by atoms with Gasteiger partial charge in [0, 0.05) is 5.38 Å². The third-order valence-corrected chi connectivity index (χ3v) is 3.38. The lowest BCUT2D eigenvalue weighted by molar-refractivity contribution is 0.416. The maximum absolute atomic E-state index is 5.54. The number of hydrogen-bond acceptors (Lipinski definition) is 5. The predicted molar refractivity (Wildman–Crippen MR) is 66.3 cm³/mol. The average molecular weight is 238 g/mol. The van der Waals surface area contributed by atoms with Gasteiger partial charge in [0.25, 0.3) is 0 Å². The van der Waals surface area contributed by atoms with Gasteiger partial charge >= 0.3 is 0 Å². The average Bonchev–Trinajstić information content (AvgIpc) is 2.83. The van der Waals surface area contributed by atoms with Crippen LogP contribution in [0.1, 0.15) is 10.6 Å². The van der Waals surface area contributed by atoms with Crippen molar-refractivity contribution in [3.63, 3.8) is 0 Å². The monoisotopic (exact) mass is 238 g/mol. The van der Waals surface area contributed by atoms with Crippen LogP contribution in [0.2, 0.25) is 0 Å². The van der Waals surface area contributed by atoms with Crippen molar-refractivity contribution in [3.05, 3.63) is 27.4 Å². The Morgan fingerprint density at radius 2 is 2.27 bits per heavy atom. The fraction of sp³-hybridized carbons (Fsp3) is 0.100. The molecular weight excluding hydrogens is 228 g/mol. The van der Waals surface area contributed by atoms with Gasteiger partial charge in [-0.15, -0.1) is 22.7 Å². The first-order chi connectivity index (χ1) is 7.29. The molecule has 0 unspecified atom stereocenters. The Hall–Kier alpha value is -1.33. The third kappa shape index (κ3) is 2.37. The van der Waals surface area contributed by atoms with Gasteiger partial charge in [-0.2, -0.15) is 0 Å². The van der Waals surface area contributed by atoms with Crippen molar-refractivity contribution in [1.82, 2.24) is 4.98 Å². The number of rotatable bonds is 3. The van der Waals surface area contributed by atoms with Crippen molar-refractivity contribution in [2.45, 2.75) is 0 Å². The molecule has 2 aromatic rings. The number of thiazole rings is 1. The van der Waals surface area contributed by atoms with Crippen molar-refractivity contribution in [2.75, 3.05) is 12.8 Å². The molecule has 2 heterocycles. The van der Waals surface area contributed by atoms with Crippen LogP contribution in [-0.2, 0) is 0 Å². The molecule has 78 valence electrons. The topological polar surface area (TPSA) is 48.1 Å². The lowest BCUT2D eigenvalue weighted by atomic mass is 10.3. The summed E-state index contributed by atoms with van der Waals surface area (Å²) in [6.07, 6.45) is 3.92. The standard InChI is InChI=1S/C10H10N2OS2/c1-13-8-4-5-14-9(8)3-2-7-6-15-10(11)12-7/h2-6H,1H3,(H2,11,12)/b3-2+. The molecule has 2 N–H and O–H groups in total. The van der Waals surface area contributed by atoms with Crippen molar-refractivity contribution < 1.29 is 4.74 Å². The maximum Gasteiger partial charge on any atom is 0.180 e. The molecule has 3 nitrogen and oxygen atoms in total. The highest BCUT2D eigenvalue weighted by atomic mass is 32.1. The van der Waals surface area contributed by atoms with Crippen LogP contribution in [0.25, 0.3) is 12.2 Å². The molecule has 0 aromatic carbocycles. The van der Waals surface area contributed by atoms with Gasteiger partial charge in [-0.25, -0.2) is 4.98 Å². The Labute approximate surface area is 95.8 Å². The molecule has 0 saturated heterocycles. The molecule has 0 fully saturated rings. The van der Waals surface area contributed by atoms with E-state index < -0.39 is 0 Å². The van der Waals surface area contributed by atoms with Crippen LogP contribution < -0.4 is 10.5 Å². The number of hydrogen-bond donors (Lipinski definition) is 1. The largest absolute Gasteiger partial charge is 0.495 e. The van der Waals surface area contributed by atoms with Crippen LogP contribution in [0.15, 0.2) is 16.8 Å². The number of anilines is 1. The lowest BCUT2D eigenvalue weighted by Gasteiger charge is -1.95. The highest BCUT2D eigenvalue weighted by Gasteiger charge is 2.00. The van der Waals surface area contributed by atoms with Crippen LogP contribution in [0.4, 0.5) is 5.13 Å². The summed E-state index contributed by atoms with van der Waals surface area (Å²) in [7, 11) is 1.67. The Morgan fingerprint density at radius 3 is 2.93 bits per heavy atom. The lowest BCUT2D eigenvalue weighted by Crippen LogP contribution is -1.81. The zero-order valence-electron chi connectivity index (χ0n) is 8.14. The van der Waals surface area contributed by atoms with E-state index in [0.29, 0.717) is 5.13 Å². The normalized spacial score (nSPS) is 11.0. The fourth-order valence-corrected chi connectivity index (χ4v) is 2.42. The van der Waals surface area contributed by atoms with Gasteiger partial charge in [0.2, 0.25) is 0 Å². The summed E-state index contributed by atoms with van der Waals surface area (Å²) < 4.78 is 5.20. The van der Waals surface area contributed by atoms with Gasteiger partial charge in [-0.1, -0.05) is 0 Å². The van der Waals surface area contributed by atoms with Gasteiger partial charge in [-0.3, -0.25) is 0 Å². The Morgan fingerprint density at radius 1 is 1.40 bits per heavy atom. The number of nitrogens with two attached hydrogens (primary N) is 1. The van der Waals surface area contributed by atoms with Crippen LogP contribution in [0, 0.1) is 0 Å². The number of nitrogens with zero attached hydrogens (tertiary/aromatic N) is 1. The second-order valence-corrected chi connectivity index (χ2v) is 4.63. The van der Waals surface area contributed by atoms with Crippen molar-refractivity contribution in [2.24, 2.45) is 0 Å². The molecule has 15 heavy (non-hydrogen) atoms. The molecule has 0 spiro atoms. The van der Waals surface area contributed by atoms with Gasteiger partial charge in [0.1, 0.15) is 5.75 Å². The fourth-order valence-electron chi connectivity index (χ4n) is 1.14. The summed E-state index contributed by atoms with van der Waals surface area (Å²) in [6.45, 7) is 0. The second-order valence-electron chi connectivity index (χ2n) is 2.80. The highest BCUT2D eigenvalue weighted by Crippen LogP contribution is 2.26. The molecule has 0 aliphatic heterocycles. The van der Waals surface area contributed by atoms with E-state index in [-0.39, 0.29) is 0 Å². The molecular formula is C10H10N2OS2. The Kier molecular flexibility index (Phi) is 3.03. The van der Waals surface area contributed by atoms with E-state index in [0.717, 1.165) is 16.3 Å². The van der Waals surface area contributed by atoms with E-state index in [1.165, 1.54) is 11.3 Å². The number of aromatic nitrogens is 1. The molecule has 0 atom stereocenters. The molecule has 2 aromatic heterocycles. The van der Waals surface area contributed by atoms with Crippen LogP contribution >= 0.6 is 22.7 Å². The van der Waals surface area contributed by atoms with Gasteiger partial charge in [0.05, 0.1) is 17.7 Å². The van der Waals surface area contributed by atoms with Crippen molar-refractivity contribution in [3.8, 4) is 5.75 Å². The van der Waals surface area contributed by atoms with Gasteiger partial charge in [0.15, 0.2) is 5.13 Å². The van der Waals surface area contributed by atoms with Crippen LogP contribution in [-0.4, -0.2) is 12.1 Å². The maximum atomic E-state index is 5.54. The minimum absolute atomic E-state index is 0.591. The highest BCUT2D eigenvalue weighted by molar-refractivity contribution is 7.13. The zero-order valence-corrected chi connectivity index (χ0v) is 9.77. The minimum atomic E-state index is 0.591. The van der Waals surface area contributed by atoms with E-state index in [2.05, 4.69) is 4.98 Å². The number of ether oxygens (including phenoxy) is 1. The van der Waals surface area contributed by atoms with E-state index in [4.69, 9.17) is 10.5 Å². The van der Waals surface area contributed by atoms with Crippen molar-refractivity contribution in [1.29, 1.82) is 0 Å². The summed E-state index contributed by atoms with van der Waals surface area (Å²) in [5.41, 5.74) is 6.42. The van der Waals surface area contributed by atoms with E-state index in [9.17, 15) is 0 Å². The predicted octanol–water partition coefficient (Wildman–Crippen LogP) is 2.97. The Balaban J connectivity index is 2.18. The molecule has 0 amide bonds. The third-order valence-electron chi connectivity index (χ3n) is 1.82. The molecule has 5 heteroatoms. The van der Waals surface area contributed by atoms with E-state index in [1.807, 2.05) is 29.0 Å². The minimum Gasteiger partial charge on any atom is -0.495 e. The summed E-state index contributed by atoms with van der Waals surface area (Å²) in [6, 6.07) is 1.94. The van der Waals surface area contributed by atoms with E-state index in [1.54, 1.807) is 18.4 Å². The summed E-state index contributed by atoms with van der Waals surface area (Å²) in [5, 5.41) is 4.51. The number of methoxy groups -OCH3 is 1. The molecule has 0 radical (unpaired) electrons. The molecule has 0 aliphatic carbocycles. The van der Waals surface area contributed by atoms with Crippen molar-refractivity contribution >= 4 is 40.0 Å². The molecule has 2 rings (SSSR count). The van der Waals surface area contributed by atoms with Gasteiger partial charge in [-0.05, 0) is 23.6 Å². The number of nitrogen functional groups attached to an aromatic ring is 1. The first-order valence-corrected chi connectivity index (χ1v) is 6.06. The Bertz CT molecular complexity index is 473. The van der Waals surface area contributed by atoms with Crippen LogP contribution in [0.5, 0.6) is 5.75 Å². The SMILES string of the molecule is COc1ccsc1/C=C/c1csc(N)n1. The molecule has 0 aliphatic rings. The molecule has 0 bridgehead atoms. The quantitative estimate of drug-likeness (QED) is 0.894.